The molecule has 32 heavy (non-hydrogen) atoms. The molecule has 3 heterocycles. The minimum absolute atomic E-state index is 0.000856. The largest absolute Gasteiger partial charge is 0.487 e. The Labute approximate surface area is 186 Å². The number of nitrogens with one attached hydrogen (secondary N) is 1. The van der Waals surface area contributed by atoms with E-state index in [9.17, 15) is 14.0 Å². The Hall–Kier alpha value is -3.19. The fraction of sp³-hybridized carbons (Fsp3) is 0.360. The van der Waals surface area contributed by atoms with Crippen LogP contribution in [0.5, 0.6) is 0 Å². The highest BCUT2D eigenvalue weighted by Gasteiger charge is 2.33. The third-order valence-electron chi connectivity index (χ3n) is 6.35. The first-order chi connectivity index (χ1) is 15.5. The molecule has 0 spiro atoms. The summed E-state index contributed by atoms with van der Waals surface area (Å²) >= 11 is 0. The van der Waals surface area contributed by atoms with Crippen LogP contribution in [-0.4, -0.2) is 36.5 Å². The van der Waals surface area contributed by atoms with Gasteiger partial charge in [0.1, 0.15) is 18.2 Å². The number of anilines is 1. The van der Waals surface area contributed by atoms with E-state index < -0.39 is 5.82 Å². The SMILES string of the molecule is CCOC(=O)C1CCN(Cc2ccc3c(c2)CO/C3=C2/C(=O)Nc3ccc(F)cc32)CC1. The lowest BCUT2D eigenvalue weighted by atomic mass is 9.96. The second-order valence-electron chi connectivity index (χ2n) is 8.43. The van der Waals surface area contributed by atoms with E-state index in [4.69, 9.17) is 9.47 Å². The summed E-state index contributed by atoms with van der Waals surface area (Å²) in [7, 11) is 0. The molecule has 2 aromatic carbocycles. The molecule has 166 valence electrons. The quantitative estimate of drug-likeness (QED) is 0.581. The highest BCUT2D eigenvalue weighted by Crippen LogP contribution is 2.42. The molecule has 1 amide bonds. The number of esters is 1. The lowest BCUT2D eigenvalue weighted by molar-refractivity contribution is -0.149. The number of fused-ring (bicyclic) bond motifs is 2. The highest BCUT2D eigenvalue weighted by molar-refractivity contribution is 6.36. The minimum Gasteiger partial charge on any atom is -0.487 e. The number of hydrogen-bond donors (Lipinski definition) is 1. The van der Waals surface area contributed by atoms with Crippen molar-refractivity contribution in [3.05, 3.63) is 64.5 Å². The number of halogens is 1. The summed E-state index contributed by atoms with van der Waals surface area (Å²) in [6.45, 7) is 5.15. The van der Waals surface area contributed by atoms with Gasteiger partial charge in [0.25, 0.3) is 5.91 Å². The predicted octanol–water partition coefficient (Wildman–Crippen LogP) is 3.95. The van der Waals surface area contributed by atoms with Crippen molar-refractivity contribution in [3.8, 4) is 0 Å². The van der Waals surface area contributed by atoms with Gasteiger partial charge in [0, 0.05) is 28.9 Å². The maximum Gasteiger partial charge on any atom is 0.309 e. The maximum atomic E-state index is 13.8. The summed E-state index contributed by atoms with van der Waals surface area (Å²) in [5.74, 6) is -0.247. The fourth-order valence-electron chi connectivity index (χ4n) is 4.73. The number of carbonyl (C=O) groups is 2. The monoisotopic (exact) mass is 436 g/mol. The van der Waals surface area contributed by atoms with Crippen LogP contribution in [0.15, 0.2) is 36.4 Å². The summed E-state index contributed by atoms with van der Waals surface area (Å²) in [4.78, 5) is 26.9. The molecule has 2 aromatic rings. The summed E-state index contributed by atoms with van der Waals surface area (Å²) in [6.07, 6.45) is 1.63. The number of nitrogens with zero attached hydrogens (tertiary/aromatic N) is 1. The van der Waals surface area contributed by atoms with Crippen LogP contribution in [0, 0.1) is 11.7 Å². The van der Waals surface area contributed by atoms with E-state index in [0.717, 1.165) is 49.2 Å². The number of carbonyl (C=O) groups excluding carboxylic acids is 2. The van der Waals surface area contributed by atoms with Gasteiger partial charge in [-0.25, -0.2) is 4.39 Å². The number of amides is 1. The molecule has 0 radical (unpaired) electrons. The maximum absolute atomic E-state index is 13.8. The molecule has 1 N–H and O–H groups in total. The van der Waals surface area contributed by atoms with Crippen molar-refractivity contribution in [2.45, 2.75) is 32.9 Å². The van der Waals surface area contributed by atoms with E-state index in [1.807, 2.05) is 19.1 Å². The van der Waals surface area contributed by atoms with Crippen molar-refractivity contribution in [3.63, 3.8) is 0 Å². The second kappa shape index (κ2) is 8.39. The van der Waals surface area contributed by atoms with Gasteiger partial charge in [-0.15, -0.1) is 0 Å². The van der Waals surface area contributed by atoms with E-state index in [0.29, 0.717) is 35.8 Å². The Balaban J connectivity index is 1.32. The number of hydrogen-bond acceptors (Lipinski definition) is 5. The van der Waals surface area contributed by atoms with Gasteiger partial charge in [0.05, 0.1) is 18.1 Å². The first-order valence-corrected chi connectivity index (χ1v) is 11.0. The first kappa shape index (κ1) is 20.7. The zero-order chi connectivity index (χ0) is 22.2. The minimum atomic E-state index is -0.390. The molecule has 0 aromatic heterocycles. The molecular formula is C25H25FN2O4. The van der Waals surface area contributed by atoms with Crippen LogP contribution in [0.25, 0.3) is 11.3 Å². The molecule has 6 nitrogen and oxygen atoms in total. The Morgan fingerprint density at radius 3 is 2.78 bits per heavy atom. The van der Waals surface area contributed by atoms with Crippen LogP contribution >= 0.6 is 0 Å². The molecule has 3 aliphatic rings. The number of likely N-dealkylation sites (tertiary alicyclic amines) is 1. The third-order valence-corrected chi connectivity index (χ3v) is 6.35. The van der Waals surface area contributed by atoms with Crippen molar-refractivity contribution in [1.29, 1.82) is 0 Å². The molecule has 5 rings (SSSR count). The predicted molar refractivity (Wildman–Crippen MR) is 118 cm³/mol. The number of rotatable bonds is 4. The van der Waals surface area contributed by atoms with Gasteiger partial charge in [-0.1, -0.05) is 18.2 Å². The Morgan fingerprint density at radius 1 is 1.19 bits per heavy atom. The van der Waals surface area contributed by atoms with Crippen LogP contribution in [0.2, 0.25) is 0 Å². The van der Waals surface area contributed by atoms with E-state index in [2.05, 4.69) is 16.3 Å². The van der Waals surface area contributed by atoms with Crippen LogP contribution in [-0.2, 0) is 32.2 Å². The molecular weight excluding hydrogens is 411 g/mol. The fourth-order valence-corrected chi connectivity index (χ4v) is 4.73. The molecule has 0 atom stereocenters. The zero-order valence-electron chi connectivity index (χ0n) is 17.9. The molecule has 7 heteroatoms. The van der Waals surface area contributed by atoms with Crippen molar-refractivity contribution >= 4 is 28.9 Å². The van der Waals surface area contributed by atoms with Gasteiger partial charge in [-0.2, -0.15) is 0 Å². The van der Waals surface area contributed by atoms with Crippen molar-refractivity contribution in [2.24, 2.45) is 5.92 Å². The standard InChI is InChI=1S/C25H25FN2O4/c1-2-31-25(30)16-7-9-28(10-8-16)13-15-3-5-19-17(11-15)14-32-23(19)22-20-12-18(26)4-6-21(20)27-24(22)29/h3-6,11-12,16H,2,7-10,13-14H2,1H3,(H,27,29)/b23-22+. The molecule has 1 saturated heterocycles. The smallest absolute Gasteiger partial charge is 0.309 e. The summed E-state index contributed by atoms with van der Waals surface area (Å²) in [5.41, 5.74) is 4.56. The van der Waals surface area contributed by atoms with Gasteiger partial charge < -0.3 is 14.8 Å². The molecule has 0 aliphatic carbocycles. The summed E-state index contributed by atoms with van der Waals surface area (Å²) < 4.78 is 24.9. The van der Waals surface area contributed by atoms with Gasteiger partial charge in [0.15, 0.2) is 0 Å². The van der Waals surface area contributed by atoms with Gasteiger partial charge in [-0.05, 0) is 56.6 Å². The van der Waals surface area contributed by atoms with Gasteiger partial charge in [0.2, 0.25) is 0 Å². The average molecular weight is 436 g/mol. The van der Waals surface area contributed by atoms with Gasteiger partial charge in [-0.3, -0.25) is 14.5 Å². The van der Waals surface area contributed by atoms with E-state index in [-0.39, 0.29) is 17.8 Å². The second-order valence-corrected chi connectivity index (χ2v) is 8.43. The third kappa shape index (κ3) is 3.77. The van der Waals surface area contributed by atoms with Gasteiger partial charge >= 0.3 is 5.97 Å². The first-order valence-electron chi connectivity index (χ1n) is 11.0. The highest BCUT2D eigenvalue weighted by atomic mass is 19.1. The molecule has 0 unspecified atom stereocenters. The average Bonchev–Trinajstić information content (AvgIpc) is 3.33. The Kier molecular flexibility index (Phi) is 5.43. The summed E-state index contributed by atoms with van der Waals surface area (Å²) in [6, 6.07) is 10.4. The number of benzene rings is 2. The van der Waals surface area contributed by atoms with E-state index in [1.54, 1.807) is 6.07 Å². The van der Waals surface area contributed by atoms with Crippen LogP contribution in [0.1, 0.15) is 42.0 Å². The number of ether oxygens (including phenoxy) is 2. The van der Waals surface area contributed by atoms with E-state index in [1.165, 1.54) is 12.1 Å². The zero-order valence-corrected chi connectivity index (χ0v) is 17.9. The van der Waals surface area contributed by atoms with Crippen LogP contribution in [0.3, 0.4) is 0 Å². The van der Waals surface area contributed by atoms with Crippen LogP contribution in [0.4, 0.5) is 10.1 Å². The van der Waals surface area contributed by atoms with E-state index >= 15 is 0 Å². The lowest BCUT2D eigenvalue weighted by Crippen LogP contribution is -2.36. The Bertz CT molecular complexity index is 1120. The van der Waals surface area contributed by atoms with Crippen molar-refractivity contribution in [1.82, 2.24) is 4.90 Å². The normalized spacial score (nSPS) is 20.5. The van der Waals surface area contributed by atoms with Crippen molar-refractivity contribution in [2.75, 3.05) is 25.0 Å². The number of piperidine rings is 1. The molecule has 0 bridgehead atoms. The lowest BCUT2D eigenvalue weighted by Gasteiger charge is -2.30. The topological polar surface area (TPSA) is 67.9 Å². The summed E-state index contributed by atoms with van der Waals surface area (Å²) in [5, 5.41) is 2.78. The molecule has 3 aliphatic heterocycles. The molecule has 1 fully saturated rings. The van der Waals surface area contributed by atoms with Crippen LogP contribution < -0.4 is 5.32 Å². The Morgan fingerprint density at radius 2 is 2.00 bits per heavy atom. The molecule has 0 saturated carbocycles. The van der Waals surface area contributed by atoms with Crippen molar-refractivity contribution < 1.29 is 23.5 Å².